The molecule has 0 heterocycles. The monoisotopic (exact) mass is 356 g/mol. The summed E-state index contributed by atoms with van der Waals surface area (Å²) in [5.41, 5.74) is 9.09. The van der Waals surface area contributed by atoms with E-state index in [9.17, 15) is 0 Å². The molecule has 0 fully saturated rings. The van der Waals surface area contributed by atoms with Crippen LogP contribution in [-0.4, -0.2) is 7.11 Å². The molecule has 0 radical (unpaired) electrons. The number of aryl methyl sites for hydroxylation is 5. The summed E-state index contributed by atoms with van der Waals surface area (Å²) in [5, 5.41) is 0. The largest absolute Gasteiger partial charge is 0.496 e. The van der Waals surface area contributed by atoms with Gasteiger partial charge in [0.05, 0.1) is 7.11 Å². The second-order valence-electron chi connectivity index (χ2n) is 7.25. The molecule has 0 N–H and O–H groups in total. The normalized spacial score (nSPS) is 11.1. The highest BCUT2D eigenvalue weighted by molar-refractivity contribution is 5.73. The first kappa shape index (κ1) is 19.0. The Morgan fingerprint density at radius 3 is 2.19 bits per heavy atom. The zero-order valence-electron chi connectivity index (χ0n) is 16.8. The highest BCUT2D eigenvalue weighted by atomic mass is 16.5. The molecule has 0 unspecified atom stereocenters. The number of rotatable bonds is 6. The molecule has 0 saturated heterocycles. The van der Waals surface area contributed by atoms with Gasteiger partial charge in [0.15, 0.2) is 0 Å². The van der Waals surface area contributed by atoms with Crippen molar-refractivity contribution in [3.8, 4) is 5.75 Å². The molecular weight excluding hydrogens is 328 g/mol. The molecule has 0 aromatic heterocycles. The smallest absolute Gasteiger partial charge is 0.126 e. The Morgan fingerprint density at radius 1 is 0.741 bits per heavy atom. The van der Waals surface area contributed by atoms with Gasteiger partial charge in [-0.15, -0.1) is 0 Å². The number of hydrogen-bond acceptors (Lipinski definition) is 1. The molecule has 0 amide bonds. The number of hydrogen-bond donors (Lipinski definition) is 0. The Morgan fingerprint density at radius 2 is 1.44 bits per heavy atom. The van der Waals surface area contributed by atoms with Gasteiger partial charge in [0.2, 0.25) is 0 Å². The molecule has 0 aliphatic rings. The predicted octanol–water partition coefficient (Wildman–Crippen LogP) is 6.58. The first-order chi connectivity index (χ1) is 13.0. The van der Waals surface area contributed by atoms with Crippen LogP contribution in [0.2, 0.25) is 0 Å². The first-order valence-electron chi connectivity index (χ1n) is 9.53. The summed E-state index contributed by atoms with van der Waals surface area (Å²) in [7, 11) is 1.72. The van der Waals surface area contributed by atoms with Gasteiger partial charge in [0, 0.05) is 5.56 Å². The van der Waals surface area contributed by atoms with Crippen molar-refractivity contribution in [2.24, 2.45) is 0 Å². The highest BCUT2D eigenvalue weighted by Gasteiger charge is 2.02. The fourth-order valence-electron chi connectivity index (χ4n) is 3.31. The lowest BCUT2D eigenvalue weighted by Gasteiger charge is -2.08. The second-order valence-corrected chi connectivity index (χ2v) is 7.25. The van der Waals surface area contributed by atoms with E-state index in [2.05, 4.69) is 87.5 Å². The number of benzene rings is 3. The molecule has 1 heteroatoms. The maximum absolute atomic E-state index is 5.45. The van der Waals surface area contributed by atoms with Crippen molar-refractivity contribution in [3.05, 3.63) is 99.6 Å². The molecule has 0 aliphatic carbocycles. The van der Waals surface area contributed by atoms with Crippen molar-refractivity contribution >= 4 is 12.2 Å². The molecule has 0 spiro atoms. The molecule has 1 nitrogen and oxygen atoms in total. The summed E-state index contributed by atoms with van der Waals surface area (Å²) >= 11 is 0. The van der Waals surface area contributed by atoms with Crippen LogP contribution in [0.25, 0.3) is 12.2 Å². The van der Waals surface area contributed by atoms with Crippen LogP contribution >= 0.6 is 0 Å². The standard InChI is InChI=1S/C26H28O/c1-19-5-7-21(3)24(17-19)14-12-22-8-10-23(11-9-22)13-15-25-18-20(2)6-16-26(25)27-4/h5-11,13,15-18H,12,14H2,1-4H3/b15-13+. The number of methoxy groups -OCH3 is 1. The quantitative estimate of drug-likeness (QED) is 0.453. The van der Waals surface area contributed by atoms with Crippen LogP contribution in [0.1, 0.15) is 38.9 Å². The lowest BCUT2D eigenvalue weighted by molar-refractivity contribution is 0.414. The van der Waals surface area contributed by atoms with Gasteiger partial charge >= 0.3 is 0 Å². The van der Waals surface area contributed by atoms with E-state index in [-0.39, 0.29) is 0 Å². The van der Waals surface area contributed by atoms with Crippen molar-refractivity contribution in [2.75, 3.05) is 7.11 Å². The summed E-state index contributed by atoms with van der Waals surface area (Å²) in [5.74, 6) is 0.905. The summed E-state index contributed by atoms with van der Waals surface area (Å²) in [6.07, 6.45) is 6.42. The van der Waals surface area contributed by atoms with Crippen LogP contribution in [0, 0.1) is 20.8 Å². The van der Waals surface area contributed by atoms with Gasteiger partial charge in [-0.1, -0.05) is 71.8 Å². The van der Waals surface area contributed by atoms with E-state index in [0.717, 1.165) is 24.2 Å². The lowest BCUT2D eigenvalue weighted by Crippen LogP contribution is -1.95. The van der Waals surface area contributed by atoms with Crippen LogP contribution in [0.5, 0.6) is 5.75 Å². The van der Waals surface area contributed by atoms with E-state index >= 15 is 0 Å². The fourth-order valence-corrected chi connectivity index (χ4v) is 3.31. The van der Waals surface area contributed by atoms with E-state index in [1.807, 2.05) is 6.07 Å². The van der Waals surface area contributed by atoms with Gasteiger partial charge in [-0.25, -0.2) is 0 Å². The molecule has 138 valence electrons. The minimum Gasteiger partial charge on any atom is -0.496 e. The zero-order valence-corrected chi connectivity index (χ0v) is 16.8. The van der Waals surface area contributed by atoms with Crippen LogP contribution in [0.4, 0.5) is 0 Å². The third-order valence-electron chi connectivity index (χ3n) is 5.01. The summed E-state index contributed by atoms with van der Waals surface area (Å²) in [6, 6.07) is 21.8. The van der Waals surface area contributed by atoms with E-state index in [1.165, 1.54) is 33.4 Å². The topological polar surface area (TPSA) is 9.23 Å². The molecule has 27 heavy (non-hydrogen) atoms. The molecule has 3 rings (SSSR count). The Kier molecular flexibility index (Phi) is 6.13. The molecule has 3 aromatic rings. The van der Waals surface area contributed by atoms with Crippen LogP contribution in [-0.2, 0) is 12.8 Å². The third kappa shape index (κ3) is 5.10. The highest BCUT2D eigenvalue weighted by Crippen LogP contribution is 2.22. The van der Waals surface area contributed by atoms with Crippen LogP contribution in [0.3, 0.4) is 0 Å². The SMILES string of the molecule is COc1ccc(C)cc1/C=C/c1ccc(CCc2cc(C)ccc2C)cc1. The minimum absolute atomic E-state index is 0.905. The number of ether oxygens (including phenoxy) is 1. The van der Waals surface area contributed by atoms with Gasteiger partial charge in [-0.3, -0.25) is 0 Å². The summed E-state index contributed by atoms with van der Waals surface area (Å²) < 4.78 is 5.45. The van der Waals surface area contributed by atoms with E-state index in [4.69, 9.17) is 4.74 Å². The van der Waals surface area contributed by atoms with Gasteiger partial charge in [0.25, 0.3) is 0 Å². The second kappa shape index (κ2) is 8.73. The van der Waals surface area contributed by atoms with Gasteiger partial charge in [0.1, 0.15) is 5.75 Å². The Bertz CT molecular complexity index is 933. The van der Waals surface area contributed by atoms with E-state index in [1.54, 1.807) is 7.11 Å². The summed E-state index contributed by atoms with van der Waals surface area (Å²) in [6.45, 7) is 6.46. The first-order valence-corrected chi connectivity index (χ1v) is 9.53. The Labute approximate surface area is 163 Å². The molecule has 0 aliphatic heterocycles. The third-order valence-corrected chi connectivity index (χ3v) is 5.01. The Hall–Kier alpha value is -2.80. The van der Waals surface area contributed by atoms with Crippen molar-refractivity contribution in [1.29, 1.82) is 0 Å². The molecular formula is C26H28O. The van der Waals surface area contributed by atoms with Gasteiger partial charge in [-0.05, 0) is 68.0 Å². The molecule has 3 aromatic carbocycles. The van der Waals surface area contributed by atoms with Crippen molar-refractivity contribution in [1.82, 2.24) is 0 Å². The minimum atomic E-state index is 0.905. The van der Waals surface area contributed by atoms with Gasteiger partial charge in [-0.2, -0.15) is 0 Å². The van der Waals surface area contributed by atoms with Crippen molar-refractivity contribution < 1.29 is 4.74 Å². The van der Waals surface area contributed by atoms with E-state index in [0.29, 0.717) is 0 Å². The van der Waals surface area contributed by atoms with Crippen molar-refractivity contribution in [3.63, 3.8) is 0 Å². The van der Waals surface area contributed by atoms with Gasteiger partial charge < -0.3 is 4.74 Å². The average molecular weight is 357 g/mol. The van der Waals surface area contributed by atoms with Crippen LogP contribution < -0.4 is 4.74 Å². The molecule has 0 atom stereocenters. The Balaban J connectivity index is 1.67. The average Bonchev–Trinajstić information content (AvgIpc) is 2.68. The molecule has 0 bridgehead atoms. The maximum Gasteiger partial charge on any atom is 0.126 e. The predicted molar refractivity (Wildman–Crippen MR) is 116 cm³/mol. The zero-order chi connectivity index (χ0) is 19.2. The fraction of sp³-hybridized carbons (Fsp3) is 0.231. The maximum atomic E-state index is 5.45. The summed E-state index contributed by atoms with van der Waals surface area (Å²) in [4.78, 5) is 0. The van der Waals surface area contributed by atoms with E-state index < -0.39 is 0 Å². The lowest BCUT2D eigenvalue weighted by atomic mass is 9.98. The van der Waals surface area contributed by atoms with Crippen LogP contribution in [0.15, 0.2) is 60.7 Å². The van der Waals surface area contributed by atoms with Crippen molar-refractivity contribution in [2.45, 2.75) is 33.6 Å². The molecule has 0 saturated carbocycles.